The lowest BCUT2D eigenvalue weighted by Crippen LogP contribution is -2.31. The summed E-state index contributed by atoms with van der Waals surface area (Å²) in [6.07, 6.45) is 11.9. The Bertz CT molecular complexity index is 1170. The number of nitrogens with one attached hydrogen (secondary N) is 1. The molecule has 0 saturated heterocycles. The van der Waals surface area contributed by atoms with Gasteiger partial charge in [-0.2, -0.15) is 0 Å². The average Bonchev–Trinajstić information content (AvgIpc) is 3.56. The van der Waals surface area contributed by atoms with Crippen LogP contribution in [0.4, 0.5) is 5.13 Å². The third-order valence-electron chi connectivity index (χ3n) is 6.69. The fourth-order valence-electron chi connectivity index (χ4n) is 4.85. The summed E-state index contributed by atoms with van der Waals surface area (Å²) in [6, 6.07) is 8.42. The summed E-state index contributed by atoms with van der Waals surface area (Å²) in [4.78, 5) is 28.7. The zero-order chi connectivity index (χ0) is 21.9. The Morgan fingerprint density at radius 1 is 1.31 bits per heavy atom. The molecule has 0 amide bonds. The van der Waals surface area contributed by atoms with Crippen LogP contribution < -0.4 is 4.90 Å². The van der Waals surface area contributed by atoms with Gasteiger partial charge in [0.05, 0.1) is 17.6 Å². The second kappa shape index (κ2) is 9.41. The Morgan fingerprint density at radius 2 is 2.22 bits per heavy atom. The number of aromatic nitrogens is 2. The quantitative estimate of drug-likeness (QED) is 0.420. The second-order valence-electron chi connectivity index (χ2n) is 8.98. The molecule has 2 aromatic heterocycles. The van der Waals surface area contributed by atoms with Gasteiger partial charge in [0, 0.05) is 42.8 Å². The molecule has 1 aromatic carbocycles. The molecule has 1 atom stereocenters. The van der Waals surface area contributed by atoms with Crippen molar-refractivity contribution in [3.05, 3.63) is 58.2 Å². The van der Waals surface area contributed by atoms with Crippen LogP contribution in [0.25, 0.3) is 10.9 Å². The third-order valence-corrected chi connectivity index (χ3v) is 7.79. The standard InChI is InChI=1S/C26H30N4OS/c1-2-3-6-18(11-20-15-28-23-8-5-4-7-22(20)23)12-24(31)25-16-29-26(32-25)30-10-9-19-13-27-14-21(19)17-30/h4-5,7-8,14-16,18,28H,2-3,6,9-13,17H2,1H3. The van der Waals surface area contributed by atoms with E-state index in [9.17, 15) is 4.79 Å². The average molecular weight is 447 g/mol. The molecule has 2 aliphatic heterocycles. The van der Waals surface area contributed by atoms with Crippen LogP contribution in [-0.4, -0.2) is 41.6 Å². The number of thiazole rings is 1. The summed E-state index contributed by atoms with van der Waals surface area (Å²) in [5, 5.41) is 2.23. The first-order valence-corrected chi connectivity index (χ1v) is 12.5. The van der Waals surface area contributed by atoms with E-state index in [1.807, 2.05) is 6.21 Å². The number of carbonyl (C=O) groups excluding carboxylic acids is 1. The Balaban J connectivity index is 1.27. The summed E-state index contributed by atoms with van der Waals surface area (Å²) >= 11 is 1.55. The van der Waals surface area contributed by atoms with Gasteiger partial charge in [-0.3, -0.25) is 9.79 Å². The van der Waals surface area contributed by atoms with Gasteiger partial charge >= 0.3 is 0 Å². The van der Waals surface area contributed by atoms with Crippen molar-refractivity contribution in [3.8, 4) is 0 Å². The lowest BCUT2D eigenvalue weighted by molar-refractivity contribution is 0.0962. The Morgan fingerprint density at radius 3 is 3.12 bits per heavy atom. The van der Waals surface area contributed by atoms with Crippen molar-refractivity contribution >= 4 is 39.4 Å². The van der Waals surface area contributed by atoms with Gasteiger partial charge in [0.25, 0.3) is 0 Å². The molecule has 3 aromatic rings. The van der Waals surface area contributed by atoms with Crippen molar-refractivity contribution in [2.75, 3.05) is 24.5 Å². The van der Waals surface area contributed by atoms with Crippen LogP contribution in [0.2, 0.25) is 0 Å². The molecule has 1 unspecified atom stereocenters. The van der Waals surface area contributed by atoms with Gasteiger partial charge in [-0.25, -0.2) is 4.98 Å². The van der Waals surface area contributed by atoms with Crippen molar-refractivity contribution < 1.29 is 4.79 Å². The predicted molar refractivity (Wildman–Crippen MR) is 133 cm³/mol. The largest absolute Gasteiger partial charge is 0.361 e. The van der Waals surface area contributed by atoms with Crippen LogP contribution >= 0.6 is 11.3 Å². The molecule has 32 heavy (non-hydrogen) atoms. The molecule has 1 N–H and O–H groups in total. The third kappa shape index (κ3) is 4.42. The lowest BCUT2D eigenvalue weighted by atomic mass is 9.89. The number of anilines is 1. The number of Topliss-reactive ketones (excluding diaryl/α,β-unsaturated/α-hetero) is 1. The molecule has 0 aliphatic carbocycles. The predicted octanol–water partition coefficient (Wildman–Crippen LogP) is 5.84. The van der Waals surface area contributed by atoms with Gasteiger partial charge in [-0.1, -0.05) is 49.3 Å². The van der Waals surface area contributed by atoms with Crippen molar-refractivity contribution in [2.45, 2.75) is 45.4 Å². The number of rotatable bonds is 9. The van der Waals surface area contributed by atoms with E-state index >= 15 is 0 Å². The van der Waals surface area contributed by atoms with Crippen molar-refractivity contribution in [2.24, 2.45) is 10.9 Å². The fraction of sp³-hybridized carbons (Fsp3) is 0.423. The van der Waals surface area contributed by atoms with E-state index in [0.29, 0.717) is 12.3 Å². The number of benzene rings is 1. The first-order valence-electron chi connectivity index (χ1n) is 11.7. The topological polar surface area (TPSA) is 61.4 Å². The number of fused-ring (bicyclic) bond motifs is 1. The highest BCUT2D eigenvalue weighted by molar-refractivity contribution is 7.17. The van der Waals surface area contributed by atoms with Crippen molar-refractivity contribution in [3.63, 3.8) is 0 Å². The molecule has 2 aliphatic rings. The van der Waals surface area contributed by atoms with Gasteiger partial charge in [0.1, 0.15) is 0 Å². The van der Waals surface area contributed by atoms with Crippen LogP contribution in [0.3, 0.4) is 0 Å². The molecule has 0 radical (unpaired) electrons. The number of carbonyl (C=O) groups is 1. The number of nitrogens with zero attached hydrogens (tertiary/aromatic N) is 3. The molecule has 5 rings (SSSR count). The SMILES string of the molecule is CCCCC(CC(=O)c1cnc(N2CCC3=C(C=NC3)C2)s1)Cc1c[nH]c2ccccc12. The summed E-state index contributed by atoms with van der Waals surface area (Å²) in [6.45, 7) is 4.90. The first-order chi connectivity index (χ1) is 15.7. The summed E-state index contributed by atoms with van der Waals surface area (Å²) < 4.78 is 0. The molecule has 0 saturated carbocycles. The number of aliphatic imine (C=N–C) groups is 1. The van der Waals surface area contributed by atoms with Gasteiger partial charge < -0.3 is 9.88 Å². The smallest absolute Gasteiger partial charge is 0.186 e. The van der Waals surface area contributed by atoms with Crippen LogP contribution in [0.5, 0.6) is 0 Å². The van der Waals surface area contributed by atoms with Crippen LogP contribution in [0.15, 0.2) is 52.8 Å². The zero-order valence-electron chi connectivity index (χ0n) is 18.6. The fourth-order valence-corrected chi connectivity index (χ4v) is 5.74. The Hall–Kier alpha value is -2.73. The lowest BCUT2D eigenvalue weighted by Gasteiger charge is -2.27. The maximum absolute atomic E-state index is 13.2. The van der Waals surface area contributed by atoms with Crippen LogP contribution in [-0.2, 0) is 6.42 Å². The van der Waals surface area contributed by atoms with Crippen molar-refractivity contribution in [1.29, 1.82) is 0 Å². The molecule has 166 valence electrons. The van der Waals surface area contributed by atoms with E-state index in [1.54, 1.807) is 17.5 Å². The molecule has 0 spiro atoms. The first kappa shape index (κ1) is 21.1. The number of unbranched alkanes of at least 4 members (excludes halogenated alkanes) is 1. The summed E-state index contributed by atoms with van der Waals surface area (Å²) in [5.74, 6) is 0.582. The van der Waals surface area contributed by atoms with E-state index in [-0.39, 0.29) is 5.78 Å². The number of hydrogen-bond donors (Lipinski definition) is 1. The highest BCUT2D eigenvalue weighted by Gasteiger charge is 2.24. The maximum Gasteiger partial charge on any atom is 0.186 e. The van der Waals surface area contributed by atoms with Crippen LogP contribution in [0, 0.1) is 5.92 Å². The Labute approximate surface area is 193 Å². The monoisotopic (exact) mass is 446 g/mol. The maximum atomic E-state index is 13.2. The van der Waals surface area contributed by atoms with E-state index < -0.39 is 0 Å². The molecular formula is C26H30N4OS. The van der Waals surface area contributed by atoms with Gasteiger partial charge in [-0.15, -0.1) is 0 Å². The summed E-state index contributed by atoms with van der Waals surface area (Å²) in [7, 11) is 0. The molecule has 4 heterocycles. The zero-order valence-corrected chi connectivity index (χ0v) is 19.5. The number of aromatic amines is 1. The molecular weight excluding hydrogens is 416 g/mol. The highest BCUT2D eigenvalue weighted by Crippen LogP contribution is 2.31. The van der Waals surface area contributed by atoms with Gasteiger partial charge in [0.15, 0.2) is 10.9 Å². The minimum absolute atomic E-state index is 0.231. The molecule has 5 nitrogen and oxygen atoms in total. The molecule has 0 bridgehead atoms. The van der Waals surface area contributed by atoms with Gasteiger partial charge in [0.2, 0.25) is 0 Å². The normalized spacial score (nSPS) is 16.7. The second-order valence-corrected chi connectivity index (χ2v) is 9.99. The molecule has 0 fully saturated rings. The van der Waals surface area contributed by atoms with E-state index in [1.165, 1.54) is 27.6 Å². The Kier molecular flexibility index (Phi) is 6.21. The minimum atomic E-state index is 0.231. The van der Waals surface area contributed by atoms with Gasteiger partial charge in [-0.05, 0) is 48.0 Å². The van der Waals surface area contributed by atoms with E-state index in [4.69, 9.17) is 0 Å². The highest BCUT2D eigenvalue weighted by atomic mass is 32.1. The number of ketones is 1. The van der Waals surface area contributed by atoms with E-state index in [2.05, 4.69) is 57.2 Å². The number of para-hydroxylation sites is 1. The minimum Gasteiger partial charge on any atom is -0.361 e. The molecule has 6 heteroatoms. The van der Waals surface area contributed by atoms with Crippen molar-refractivity contribution in [1.82, 2.24) is 9.97 Å². The number of H-pyrrole nitrogens is 1. The number of hydrogen-bond acceptors (Lipinski definition) is 5. The van der Waals surface area contributed by atoms with E-state index in [0.717, 1.165) is 61.7 Å². The summed E-state index contributed by atoms with van der Waals surface area (Å²) in [5.41, 5.74) is 5.28. The van der Waals surface area contributed by atoms with Crippen LogP contribution in [0.1, 0.15) is 54.3 Å².